The number of hydrogen-bond donors (Lipinski definition) is 2. The molecule has 0 saturated heterocycles. The number of benzene rings is 2. The third-order valence-corrected chi connectivity index (χ3v) is 2.96. The van der Waals surface area contributed by atoms with E-state index in [-0.39, 0.29) is 5.91 Å². The maximum absolute atomic E-state index is 11.8. The lowest BCUT2D eigenvalue weighted by Crippen LogP contribution is -2.19. The summed E-state index contributed by atoms with van der Waals surface area (Å²) in [6.07, 6.45) is 2.24. The van der Waals surface area contributed by atoms with Gasteiger partial charge in [-0.1, -0.05) is 35.9 Å². The van der Waals surface area contributed by atoms with Crippen molar-refractivity contribution in [3.8, 4) is 0 Å². The maximum Gasteiger partial charge on any atom is 0.273 e. The van der Waals surface area contributed by atoms with Gasteiger partial charge in [-0.25, -0.2) is 5.43 Å². The molecule has 0 aromatic heterocycles. The predicted octanol–water partition coefficient (Wildman–Crippen LogP) is 2.88. The van der Waals surface area contributed by atoms with E-state index in [4.69, 9.17) is 17.3 Å². The van der Waals surface area contributed by atoms with Crippen molar-refractivity contribution in [2.24, 2.45) is 5.10 Å². The number of halogens is 1. The van der Waals surface area contributed by atoms with Crippen molar-refractivity contribution in [2.45, 2.75) is 6.42 Å². The maximum atomic E-state index is 11.8. The molecule has 4 nitrogen and oxygen atoms in total. The summed E-state index contributed by atoms with van der Waals surface area (Å²) in [4.78, 5) is 11.8. The van der Waals surface area contributed by atoms with E-state index >= 15 is 0 Å². The summed E-state index contributed by atoms with van der Waals surface area (Å²) in [5.74, 6) is -0.324. The average Bonchev–Trinajstić information content (AvgIpc) is 2.46. The highest BCUT2D eigenvalue weighted by molar-refractivity contribution is 6.30. The second-order valence-electron chi connectivity index (χ2n) is 4.17. The SMILES string of the molecule is Nc1ccccc1C(=O)NN=CCc1ccc(Cl)cc1. The lowest BCUT2D eigenvalue weighted by atomic mass is 10.2. The highest BCUT2D eigenvalue weighted by Gasteiger charge is 2.06. The Kier molecular flexibility index (Phi) is 4.74. The van der Waals surface area contributed by atoms with Crippen LogP contribution >= 0.6 is 11.6 Å². The Morgan fingerprint density at radius 3 is 2.60 bits per heavy atom. The summed E-state index contributed by atoms with van der Waals surface area (Å²) in [7, 11) is 0. The second kappa shape index (κ2) is 6.73. The van der Waals surface area contributed by atoms with E-state index in [0.717, 1.165) is 5.56 Å². The van der Waals surface area contributed by atoms with E-state index in [9.17, 15) is 4.79 Å². The third kappa shape index (κ3) is 3.83. The van der Waals surface area contributed by atoms with Gasteiger partial charge in [-0.15, -0.1) is 0 Å². The van der Waals surface area contributed by atoms with Crippen molar-refractivity contribution in [2.75, 3.05) is 5.73 Å². The number of anilines is 1. The van der Waals surface area contributed by atoms with Gasteiger partial charge in [0.05, 0.1) is 5.56 Å². The number of carbonyl (C=O) groups excluding carboxylic acids is 1. The third-order valence-electron chi connectivity index (χ3n) is 2.70. The molecule has 0 fully saturated rings. The molecule has 0 heterocycles. The number of rotatable bonds is 4. The van der Waals surface area contributed by atoms with Crippen LogP contribution < -0.4 is 11.2 Å². The van der Waals surface area contributed by atoms with Gasteiger partial charge in [0.2, 0.25) is 0 Å². The number of hydrazone groups is 1. The van der Waals surface area contributed by atoms with Crippen LogP contribution in [0.2, 0.25) is 5.02 Å². The molecule has 0 unspecified atom stereocenters. The Bertz CT molecular complexity index is 623. The van der Waals surface area contributed by atoms with E-state index in [1.165, 1.54) is 0 Å². The summed E-state index contributed by atoms with van der Waals surface area (Å²) in [6, 6.07) is 14.3. The Balaban J connectivity index is 1.89. The molecule has 0 spiro atoms. The van der Waals surface area contributed by atoms with Crippen molar-refractivity contribution in [3.05, 3.63) is 64.7 Å². The van der Waals surface area contributed by atoms with Gasteiger partial charge in [-0.2, -0.15) is 5.10 Å². The number of nitrogens with zero attached hydrogens (tertiary/aromatic N) is 1. The van der Waals surface area contributed by atoms with Crippen molar-refractivity contribution >= 4 is 29.4 Å². The largest absolute Gasteiger partial charge is 0.398 e. The van der Waals surface area contributed by atoms with Crippen LogP contribution in [0.15, 0.2) is 53.6 Å². The average molecular weight is 288 g/mol. The fourth-order valence-electron chi connectivity index (χ4n) is 1.64. The first-order valence-electron chi connectivity index (χ1n) is 6.07. The van der Waals surface area contributed by atoms with Crippen molar-refractivity contribution < 1.29 is 4.79 Å². The molecule has 2 rings (SSSR count). The normalized spacial score (nSPS) is 10.7. The lowest BCUT2D eigenvalue weighted by Gasteiger charge is -2.02. The molecule has 0 radical (unpaired) electrons. The number of carbonyl (C=O) groups is 1. The second-order valence-corrected chi connectivity index (χ2v) is 4.61. The van der Waals surface area contributed by atoms with Crippen LogP contribution in [0.3, 0.4) is 0 Å². The van der Waals surface area contributed by atoms with Gasteiger partial charge < -0.3 is 5.73 Å². The molecule has 0 aliphatic heterocycles. The van der Waals surface area contributed by atoms with Crippen molar-refractivity contribution in [1.82, 2.24) is 5.43 Å². The molecule has 0 aliphatic rings. The molecule has 0 saturated carbocycles. The van der Waals surface area contributed by atoms with Crippen molar-refractivity contribution in [1.29, 1.82) is 0 Å². The van der Waals surface area contributed by atoms with Crippen LogP contribution in [0.5, 0.6) is 0 Å². The van der Waals surface area contributed by atoms with Crippen LogP contribution in [0.4, 0.5) is 5.69 Å². The molecular weight excluding hydrogens is 274 g/mol. The Hall–Kier alpha value is -2.33. The minimum Gasteiger partial charge on any atom is -0.398 e. The van der Waals surface area contributed by atoms with Gasteiger partial charge >= 0.3 is 0 Å². The number of nitrogen functional groups attached to an aromatic ring is 1. The molecule has 1 amide bonds. The van der Waals surface area contributed by atoms with E-state index in [2.05, 4.69) is 10.5 Å². The molecule has 102 valence electrons. The lowest BCUT2D eigenvalue weighted by molar-refractivity contribution is 0.0956. The zero-order valence-electron chi connectivity index (χ0n) is 10.7. The van der Waals surface area contributed by atoms with E-state index in [1.807, 2.05) is 24.3 Å². The van der Waals surface area contributed by atoms with Crippen LogP contribution in [-0.4, -0.2) is 12.1 Å². The number of hydrogen-bond acceptors (Lipinski definition) is 3. The van der Waals surface area contributed by atoms with Crippen LogP contribution in [-0.2, 0) is 6.42 Å². The van der Waals surface area contributed by atoms with Crippen molar-refractivity contribution in [3.63, 3.8) is 0 Å². The molecule has 2 aromatic carbocycles. The van der Waals surface area contributed by atoms with Crippen LogP contribution in [0.1, 0.15) is 15.9 Å². The Morgan fingerprint density at radius 2 is 1.90 bits per heavy atom. The Labute approximate surface area is 122 Å². The molecule has 0 atom stereocenters. The number of nitrogens with one attached hydrogen (secondary N) is 1. The molecule has 5 heteroatoms. The first-order valence-corrected chi connectivity index (χ1v) is 6.45. The zero-order valence-corrected chi connectivity index (χ0v) is 11.5. The first-order chi connectivity index (χ1) is 9.66. The summed E-state index contributed by atoms with van der Waals surface area (Å²) >= 11 is 5.79. The smallest absolute Gasteiger partial charge is 0.273 e. The predicted molar refractivity (Wildman–Crippen MR) is 82.0 cm³/mol. The standard InChI is InChI=1S/C15H14ClN3O/c16-12-7-5-11(6-8-12)9-10-18-19-15(20)13-3-1-2-4-14(13)17/h1-8,10H,9,17H2,(H,19,20). The molecule has 3 N–H and O–H groups in total. The van der Waals surface area contributed by atoms with Crippen LogP contribution in [0, 0.1) is 0 Å². The minimum atomic E-state index is -0.324. The highest BCUT2D eigenvalue weighted by Crippen LogP contribution is 2.10. The first kappa shape index (κ1) is 14.1. The summed E-state index contributed by atoms with van der Waals surface area (Å²) in [6.45, 7) is 0. The fourth-order valence-corrected chi connectivity index (χ4v) is 1.77. The highest BCUT2D eigenvalue weighted by atomic mass is 35.5. The molecule has 0 bridgehead atoms. The quantitative estimate of drug-likeness (QED) is 0.516. The van der Waals surface area contributed by atoms with E-state index in [1.54, 1.807) is 30.5 Å². The van der Waals surface area contributed by atoms with Crippen LogP contribution in [0.25, 0.3) is 0 Å². The number of para-hydroxylation sites is 1. The van der Waals surface area contributed by atoms with Gasteiger partial charge in [-0.05, 0) is 29.8 Å². The Morgan fingerprint density at radius 1 is 1.20 bits per heavy atom. The monoisotopic (exact) mass is 287 g/mol. The summed E-state index contributed by atoms with van der Waals surface area (Å²) in [5, 5.41) is 4.59. The van der Waals surface area contributed by atoms with Gasteiger partial charge in [0.1, 0.15) is 0 Å². The minimum absolute atomic E-state index is 0.324. The molecule has 0 aliphatic carbocycles. The molecule has 20 heavy (non-hydrogen) atoms. The summed E-state index contributed by atoms with van der Waals surface area (Å²) in [5.41, 5.74) is 10.1. The molecular formula is C15H14ClN3O. The molecule has 2 aromatic rings. The topological polar surface area (TPSA) is 67.5 Å². The number of amides is 1. The zero-order chi connectivity index (χ0) is 14.4. The van der Waals surface area contributed by atoms with E-state index < -0.39 is 0 Å². The van der Waals surface area contributed by atoms with Gasteiger partial charge in [-0.3, -0.25) is 4.79 Å². The van der Waals surface area contributed by atoms with Gasteiger partial charge in [0.25, 0.3) is 5.91 Å². The van der Waals surface area contributed by atoms with E-state index in [0.29, 0.717) is 22.7 Å². The van der Waals surface area contributed by atoms with Gasteiger partial charge in [0.15, 0.2) is 0 Å². The summed E-state index contributed by atoms with van der Waals surface area (Å²) < 4.78 is 0. The van der Waals surface area contributed by atoms with Gasteiger partial charge in [0, 0.05) is 23.3 Å². The fraction of sp³-hybridized carbons (Fsp3) is 0.0667. The number of nitrogens with two attached hydrogens (primary N) is 1.